The normalized spacial score (nSPS) is 25.9. The van der Waals surface area contributed by atoms with Gasteiger partial charge in [-0.2, -0.15) is 0 Å². The molecule has 0 spiro atoms. The van der Waals surface area contributed by atoms with Gasteiger partial charge in [0.25, 0.3) is 0 Å². The number of hydrogen-bond donors (Lipinski definition) is 1. The maximum atomic E-state index is 7.51. The Morgan fingerprint density at radius 3 is 2.58 bits per heavy atom. The molecule has 1 fully saturated rings. The van der Waals surface area contributed by atoms with Gasteiger partial charge in [-0.25, -0.2) is 0 Å². The van der Waals surface area contributed by atoms with Crippen LogP contribution in [-0.4, -0.2) is 47.9 Å². The first-order valence-electron chi connectivity index (χ1n) is 4.69. The van der Waals surface area contributed by atoms with Gasteiger partial charge in [0.05, 0.1) is 5.84 Å². The summed E-state index contributed by atoms with van der Waals surface area (Å²) in [4.78, 5) is 4.61. The van der Waals surface area contributed by atoms with E-state index in [-0.39, 0.29) is 0 Å². The smallest absolute Gasteiger partial charge is 0.0926 e. The zero-order valence-electron chi connectivity index (χ0n) is 8.30. The molecule has 1 aliphatic heterocycles. The highest BCUT2D eigenvalue weighted by molar-refractivity contribution is 5.76. The first-order valence-corrected chi connectivity index (χ1v) is 4.69. The first-order chi connectivity index (χ1) is 5.65. The van der Waals surface area contributed by atoms with Crippen LogP contribution in [0.25, 0.3) is 0 Å². The van der Waals surface area contributed by atoms with Gasteiger partial charge < -0.3 is 4.90 Å². The maximum absolute atomic E-state index is 7.51. The van der Waals surface area contributed by atoms with Gasteiger partial charge in [-0.05, 0) is 20.4 Å². The summed E-state index contributed by atoms with van der Waals surface area (Å²) in [6.45, 7) is 10.6. The average molecular weight is 169 g/mol. The Kier molecular flexibility index (Phi) is 3.09. The summed E-state index contributed by atoms with van der Waals surface area (Å²) >= 11 is 0. The molecule has 3 heteroatoms. The van der Waals surface area contributed by atoms with Gasteiger partial charge in [0.2, 0.25) is 0 Å². The van der Waals surface area contributed by atoms with Crippen molar-refractivity contribution in [2.45, 2.75) is 26.8 Å². The summed E-state index contributed by atoms with van der Waals surface area (Å²) in [5.74, 6) is 0.706. The molecule has 1 N–H and O–H groups in total. The Balaban J connectivity index is 2.46. The maximum Gasteiger partial charge on any atom is 0.0926 e. The van der Waals surface area contributed by atoms with Crippen LogP contribution < -0.4 is 0 Å². The van der Waals surface area contributed by atoms with Gasteiger partial charge in [-0.1, -0.05) is 6.92 Å². The van der Waals surface area contributed by atoms with Crippen molar-refractivity contribution in [3.8, 4) is 0 Å². The fourth-order valence-corrected chi connectivity index (χ4v) is 1.77. The van der Waals surface area contributed by atoms with E-state index in [0.29, 0.717) is 11.9 Å². The molecule has 1 unspecified atom stereocenters. The molecule has 0 saturated carbocycles. The topological polar surface area (TPSA) is 30.3 Å². The average Bonchev–Trinajstić information content (AvgIpc) is 2.04. The molecular weight excluding hydrogens is 150 g/mol. The molecule has 0 bridgehead atoms. The van der Waals surface area contributed by atoms with E-state index in [1.165, 1.54) is 0 Å². The van der Waals surface area contributed by atoms with E-state index >= 15 is 0 Å². The predicted octanol–water partition coefficient (Wildman–Crippen LogP) is 1.01. The monoisotopic (exact) mass is 169 g/mol. The van der Waals surface area contributed by atoms with Gasteiger partial charge in [-0.15, -0.1) is 0 Å². The number of rotatable bonds is 1. The van der Waals surface area contributed by atoms with Gasteiger partial charge in [0.15, 0.2) is 0 Å². The van der Waals surface area contributed by atoms with Crippen molar-refractivity contribution in [2.24, 2.45) is 0 Å². The van der Waals surface area contributed by atoms with E-state index in [4.69, 9.17) is 5.41 Å². The van der Waals surface area contributed by atoms with E-state index in [0.717, 1.165) is 26.2 Å². The molecular formula is C9H19N3. The van der Waals surface area contributed by atoms with E-state index < -0.39 is 0 Å². The Morgan fingerprint density at radius 1 is 1.50 bits per heavy atom. The first kappa shape index (κ1) is 9.52. The molecule has 0 radical (unpaired) electrons. The lowest BCUT2D eigenvalue weighted by Gasteiger charge is -2.39. The second-order valence-corrected chi connectivity index (χ2v) is 3.51. The highest BCUT2D eigenvalue weighted by Crippen LogP contribution is 2.08. The molecule has 1 aliphatic rings. The zero-order valence-corrected chi connectivity index (χ0v) is 8.30. The Labute approximate surface area is 74.9 Å². The van der Waals surface area contributed by atoms with Crippen molar-refractivity contribution >= 4 is 5.84 Å². The second-order valence-electron chi connectivity index (χ2n) is 3.51. The number of hydrogen-bond acceptors (Lipinski definition) is 2. The fraction of sp³-hybridized carbons (Fsp3) is 0.889. The van der Waals surface area contributed by atoms with E-state index in [2.05, 4.69) is 23.6 Å². The molecule has 0 aromatic rings. The van der Waals surface area contributed by atoms with Crippen LogP contribution in [0.5, 0.6) is 0 Å². The Hall–Kier alpha value is -0.570. The van der Waals surface area contributed by atoms with Crippen LogP contribution in [-0.2, 0) is 0 Å². The molecule has 0 amide bonds. The lowest BCUT2D eigenvalue weighted by atomic mass is 10.2. The van der Waals surface area contributed by atoms with Gasteiger partial charge in [0, 0.05) is 25.7 Å². The molecule has 1 atom stereocenters. The third kappa shape index (κ3) is 1.97. The molecule has 1 heterocycles. The van der Waals surface area contributed by atoms with Crippen LogP contribution in [0.4, 0.5) is 0 Å². The van der Waals surface area contributed by atoms with E-state index in [1.807, 2.05) is 6.92 Å². The van der Waals surface area contributed by atoms with Gasteiger partial charge in [-0.3, -0.25) is 10.3 Å². The molecule has 0 aliphatic carbocycles. The summed E-state index contributed by atoms with van der Waals surface area (Å²) < 4.78 is 0. The quantitative estimate of drug-likeness (QED) is 0.469. The van der Waals surface area contributed by atoms with Crippen molar-refractivity contribution in [2.75, 3.05) is 26.2 Å². The molecule has 0 aromatic heterocycles. The predicted molar refractivity (Wildman–Crippen MR) is 51.7 cm³/mol. The number of amidine groups is 1. The zero-order chi connectivity index (χ0) is 9.14. The van der Waals surface area contributed by atoms with Crippen molar-refractivity contribution < 1.29 is 0 Å². The summed E-state index contributed by atoms with van der Waals surface area (Å²) in [7, 11) is 0. The van der Waals surface area contributed by atoms with Crippen molar-refractivity contribution in [3.63, 3.8) is 0 Å². The molecule has 70 valence electrons. The van der Waals surface area contributed by atoms with E-state index in [1.54, 1.807) is 0 Å². The standard InChI is InChI=1S/C9H19N3/c1-4-11-5-6-12(9(3)10)7-8(11)2/h8,10H,4-7H2,1-3H3. The molecule has 0 aromatic carbocycles. The lowest BCUT2D eigenvalue weighted by molar-refractivity contribution is 0.129. The molecule has 1 rings (SSSR count). The second kappa shape index (κ2) is 3.90. The minimum atomic E-state index is 0.601. The number of piperazine rings is 1. The minimum Gasteiger partial charge on any atom is -0.358 e. The van der Waals surface area contributed by atoms with E-state index in [9.17, 15) is 0 Å². The lowest BCUT2D eigenvalue weighted by Crippen LogP contribution is -2.52. The van der Waals surface area contributed by atoms with Crippen molar-refractivity contribution in [1.29, 1.82) is 5.41 Å². The fourth-order valence-electron chi connectivity index (χ4n) is 1.77. The van der Waals surface area contributed by atoms with Crippen LogP contribution >= 0.6 is 0 Å². The minimum absolute atomic E-state index is 0.601. The highest BCUT2D eigenvalue weighted by Gasteiger charge is 2.21. The molecule has 1 saturated heterocycles. The van der Waals surface area contributed by atoms with Crippen LogP contribution in [0.2, 0.25) is 0 Å². The third-order valence-electron chi connectivity index (χ3n) is 2.65. The Bertz CT molecular complexity index is 167. The number of nitrogens with one attached hydrogen (secondary N) is 1. The highest BCUT2D eigenvalue weighted by atomic mass is 15.3. The van der Waals surface area contributed by atoms with Crippen molar-refractivity contribution in [3.05, 3.63) is 0 Å². The summed E-state index contributed by atoms with van der Waals surface area (Å²) in [5, 5.41) is 7.51. The summed E-state index contributed by atoms with van der Waals surface area (Å²) in [5.41, 5.74) is 0. The van der Waals surface area contributed by atoms with Gasteiger partial charge in [0.1, 0.15) is 0 Å². The van der Waals surface area contributed by atoms with Crippen LogP contribution in [0.3, 0.4) is 0 Å². The third-order valence-corrected chi connectivity index (χ3v) is 2.65. The molecule has 3 nitrogen and oxygen atoms in total. The van der Waals surface area contributed by atoms with Crippen LogP contribution in [0.1, 0.15) is 20.8 Å². The number of likely N-dealkylation sites (N-methyl/N-ethyl adjacent to an activating group) is 1. The Morgan fingerprint density at radius 2 is 2.17 bits per heavy atom. The van der Waals surface area contributed by atoms with Crippen molar-refractivity contribution in [1.82, 2.24) is 9.80 Å². The van der Waals surface area contributed by atoms with Crippen LogP contribution in [0.15, 0.2) is 0 Å². The van der Waals surface area contributed by atoms with Crippen LogP contribution in [0, 0.1) is 5.41 Å². The largest absolute Gasteiger partial charge is 0.358 e. The summed E-state index contributed by atoms with van der Waals surface area (Å²) in [6.07, 6.45) is 0. The summed E-state index contributed by atoms with van der Waals surface area (Å²) in [6, 6.07) is 0.601. The SMILES string of the molecule is CCN1CCN(C(C)=N)CC1C. The van der Waals surface area contributed by atoms with Gasteiger partial charge >= 0.3 is 0 Å². The molecule has 12 heavy (non-hydrogen) atoms. The number of nitrogens with zero attached hydrogens (tertiary/aromatic N) is 2.